The van der Waals surface area contributed by atoms with E-state index in [0.717, 1.165) is 5.33 Å². The van der Waals surface area contributed by atoms with Crippen LogP contribution >= 0.6 is 28.1 Å². The number of nitrogen functional groups attached to an aromatic ring is 1. The summed E-state index contributed by atoms with van der Waals surface area (Å²) < 4.78 is 0.296. The van der Waals surface area contributed by atoms with E-state index in [9.17, 15) is 4.79 Å². The predicted molar refractivity (Wildman–Crippen MR) is 68.1 cm³/mol. The van der Waals surface area contributed by atoms with Crippen LogP contribution in [0.3, 0.4) is 0 Å². The summed E-state index contributed by atoms with van der Waals surface area (Å²) in [5.74, 6) is 1.35. The van der Waals surface area contributed by atoms with Crippen molar-refractivity contribution >= 4 is 45.7 Å². The second-order valence-corrected chi connectivity index (χ2v) is 4.76. The highest BCUT2D eigenvalue weighted by Crippen LogP contribution is 2.25. The molecule has 0 bridgehead atoms. The zero-order valence-corrected chi connectivity index (χ0v) is 10.8. The average molecular weight is 303 g/mol. The largest absolute Gasteiger partial charge is 0.385 e. The summed E-state index contributed by atoms with van der Waals surface area (Å²) in [7, 11) is 0. The number of nitrogens with zero attached hydrogens (tertiary/aromatic N) is 2. The van der Waals surface area contributed by atoms with Crippen LogP contribution < -0.4 is 10.6 Å². The topological polar surface area (TPSA) is 75.0 Å². The molecule has 1 aromatic heterocycles. The van der Waals surface area contributed by atoms with Crippen molar-refractivity contribution in [3.8, 4) is 0 Å². The Kier molecular flexibility index (Phi) is 3.25. The maximum absolute atomic E-state index is 11.7. The minimum atomic E-state index is 0.0666. The molecule has 1 amide bonds. The molecule has 0 aliphatic carbocycles. The van der Waals surface area contributed by atoms with Gasteiger partial charge in [-0.05, 0) is 18.1 Å². The monoisotopic (exact) mass is 302 g/mol. The molecule has 0 radical (unpaired) electrons. The van der Waals surface area contributed by atoms with Crippen molar-refractivity contribution in [3.63, 3.8) is 0 Å². The lowest BCUT2D eigenvalue weighted by molar-refractivity contribution is -0.117. The van der Waals surface area contributed by atoms with Crippen LogP contribution in [0.5, 0.6) is 0 Å². The summed E-state index contributed by atoms with van der Waals surface area (Å²) in [6, 6.07) is 1.63. The number of nitrogens with one attached hydrogen (secondary N) is 1. The van der Waals surface area contributed by atoms with Gasteiger partial charge in [0.05, 0.1) is 0 Å². The third-order valence-electron chi connectivity index (χ3n) is 2.45. The van der Waals surface area contributed by atoms with E-state index in [-0.39, 0.29) is 5.91 Å². The molecule has 5 nitrogen and oxygen atoms in total. The maximum Gasteiger partial charge on any atom is 0.228 e. The fourth-order valence-electron chi connectivity index (χ4n) is 1.71. The summed E-state index contributed by atoms with van der Waals surface area (Å²) in [5.41, 5.74) is 5.63. The number of rotatable bonds is 2. The second-order valence-electron chi connectivity index (χ2n) is 3.73. The van der Waals surface area contributed by atoms with Crippen LogP contribution in [0.25, 0.3) is 0 Å². The molecule has 1 aliphatic heterocycles. The van der Waals surface area contributed by atoms with E-state index in [0.29, 0.717) is 35.3 Å². The first-order chi connectivity index (χ1) is 7.60. The lowest BCUT2D eigenvalue weighted by Crippen LogP contribution is -2.26. The lowest BCUT2D eigenvalue weighted by atomic mass is 10.2. The van der Waals surface area contributed by atoms with E-state index < -0.39 is 0 Å². The number of aromatic amines is 1. The Morgan fingerprint density at radius 3 is 3.06 bits per heavy atom. The molecular weight excluding hydrogens is 292 g/mol. The predicted octanol–water partition coefficient (Wildman–Crippen LogP) is 1.47. The molecule has 3 N–H and O–H groups in total. The number of carbonyl (C=O) groups excluding carboxylic acids is 1. The molecule has 1 unspecified atom stereocenters. The first-order valence-electron chi connectivity index (χ1n) is 4.83. The van der Waals surface area contributed by atoms with Crippen LogP contribution in [-0.2, 0) is 4.79 Å². The van der Waals surface area contributed by atoms with Gasteiger partial charge in [-0.2, -0.15) is 0 Å². The highest BCUT2D eigenvalue weighted by molar-refractivity contribution is 9.09. The molecule has 0 spiro atoms. The van der Waals surface area contributed by atoms with Crippen molar-refractivity contribution in [3.05, 3.63) is 10.8 Å². The molecule has 1 atom stereocenters. The number of hydrogen-bond acceptors (Lipinski definition) is 4. The van der Waals surface area contributed by atoms with Gasteiger partial charge in [-0.25, -0.2) is 4.98 Å². The van der Waals surface area contributed by atoms with E-state index in [4.69, 9.17) is 18.0 Å². The van der Waals surface area contributed by atoms with Crippen molar-refractivity contribution in [2.75, 3.05) is 22.5 Å². The van der Waals surface area contributed by atoms with Crippen LogP contribution in [0.15, 0.2) is 6.07 Å². The molecular formula is C9H11BrN4OS. The molecule has 1 aliphatic rings. The molecule has 2 rings (SSSR count). The molecule has 16 heavy (non-hydrogen) atoms. The van der Waals surface area contributed by atoms with Gasteiger partial charge < -0.3 is 10.7 Å². The number of alkyl halides is 1. The Hall–Kier alpha value is -0.950. The van der Waals surface area contributed by atoms with Gasteiger partial charge >= 0.3 is 0 Å². The van der Waals surface area contributed by atoms with Gasteiger partial charge in [0.1, 0.15) is 11.6 Å². The third kappa shape index (κ3) is 2.25. The van der Waals surface area contributed by atoms with Crippen LogP contribution in [-0.4, -0.2) is 27.7 Å². The van der Waals surface area contributed by atoms with E-state index in [1.54, 1.807) is 11.0 Å². The summed E-state index contributed by atoms with van der Waals surface area (Å²) in [6.07, 6.45) is 0.540. The molecule has 1 aromatic rings. The SMILES string of the molecule is Nc1cc(N2CC(CBr)CC2=O)nc(=S)[nH]1. The molecule has 2 heterocycles. The Labute approximate surface area is 106 Å². The number of nitrogens with two attached hydrogens (primary N) is 1. The van der Waals surface area contributed by atoms with Crippen LogP contribution in [0.1, 0.15) is 6.42 Å². The fraction of sp³-hybridized carbons (Fsp3) is 0.444. The molecule has 0 aromatic carbocycles. The average Bonchev–Trinajstić information content (AvgIpc) is 2.58. The Balaban J connectivity index is 2.31. The Morgan fingerprint density at radius 1 is 1.75 bits per heavy atom. The molecule has 86 valence electrons. The number of aromatic nitrogens is 2. The standard InChI is InChI=1S/C9H11BrN4OS/c10-3-5-1-8(15)14(4-5)7-2-6(11)12-9(16)13-7/h2,5H,1,3-4H2,(H3,11,12,13,16). The number of amides is 1. The number of hydrogen-bond donors (Lipinski definition) is 2. The number of carbonyl (C=O) groups is 1. The Bertz CT molecular complexity index is 475. The quantitative estimate of drug-likeness (QED) is 0.641. The summed E-state index contributed by atoms with van der Waals surface area (Å²) in [4.78, 5) is 20.2. The van der Waals surface area contributed by atoms with E-state index in [2.05, 4.69) is 25.9 Å². The molecule has 7 heteroatoms. The van der Waals surface area contributed by atoms with Crippen molar-refractivity contribution in [1.82, 2.24) is 9.97 Å². The third-order valence-corrected chi connectivity index (χ3v) is 3.56. The van der Waals surface area contributed by atoms with Gasteiger partial charge in [-0.1, -0.05) is 15.9 Å². The molecule has 0 saturated carbocycles. The van der Waals surface area contributed by atoms with Gasteiger partial charge in [0, 0.05) is 24.4 Å². The zero-order valence-electron chi connectivity index (χ0n) is 8.44. The lowest BCUT2D eigenvalue weighted by Gasteiger charge is -2.15. The normalized spacial score (nSPS) is 20.4. The van der Waals surface area contributed by atoms with E-state index >= 15 is 0 Å². The Morgan fingerprint density at radius 2 is 2.50 bits per heavy atom. The van der Waals surface area contributed by atoms with Gasteiger partial charge in [0.15, 0.2) is 4.77 Å². The molecule has 1 fully saturated rings. The smallest absolute Gasteiger partial charge is 0.228 e. The van der Waals surface area contributed by atoms with Crippen molar-refractivity contribution in [2.45, 2.75) is 6.42 Å². The maximum atomic E-state index is 11.7. The highest BCUT2D eigenvalue weighted by Gasteiger charge is 2.30. The van der Waals surface area contributed by atoms with Crippen molar-refractivity contribution in [1.29, 1.82) is 0 Å². The minimum absolute atomic E-state index is 0.0666. The van der Waals surface area contributed by atoms with Gasteiger partial charge in [0.2, 0.25) is 5.91 Å². The summed E-state index contributed by atoms with van der Waals surface area (Å²) >= 11 is 8.31. The molecule has 1 saturated heterocycles. The number of H-pyrrole nitrogens is 1. The van der Waals surface area contributed by atoms with E-state index in [1.165, 1.54) is 0 Å². The van der Waals surface area contributed by atoms with Crippen molar-refractivity contribution < 1.29 is 4.79 Å². The zero-order chi connectivity index (χ0) is 11.7. The number of anilines is 2. The van der Waals surface area contributed by atoms with Crippen LogP contribution in [0.4, 0.5) is 11.6 Å². The highest BCUT2D eigenvalue weighted by atomic mass is 79.9. The summed E-state index contributed by atoms with van der Waals surface area (Å²) in [5, 5.41) is 0.810. The second kappa shape index (κ2) is 4.50. The minimum Gasteiger partial charge on any atom is -0.385 e. The van der Waals surface area contributed by atoms with Gasteiger partial charge in [-0.3, -0.25) is 9.69 Å². The van der Waals surface area contributed by atoms with Gasteiger partial charge in [-0.15, -0.1) is 0 Å². The van der Waals surface area contributed by atoms with E-state index in [1.807, 2.05) is 0 Å². The summed E-state index contributed by atoms with van der Waals surface area (Å²) in [6.45, 7) is 0.662. The van der Waals surface area contributed by atoms with Gasteiger partial charge in [0.25, 0.3) is 0 Å². The van der Waals surface area contributed by atoms with Crippen LogP contribution in [0, 0.1) is 10.7 Å². The van der Waals surface area contributed by atoms with Crippen LogP contribution in [0.2, 0.25) is 0 Å². The van der Waals surface area contributed by atoms with Crippen molar-refractivity contribution in [2.24, 2.45) is 5.92 Å². The first-order valence-corrected chi connectivity index (χ1v) is 6.36. The first kappa shape index (κ1) is 11.5. The fourth-order valence-corrected chi connectivity index (χ4v) is 2.35. The number of halogens is 1.